The molecule has 2 aromatic heterocycles. The van der Waals surface area contributed by atoms with Crippen LogP contribution in [0.25, 0.3) is 33.7 Å². The van der Waals surface area contributed by atoms with Crippen molar-refractivity contribution in [2.45, 2.75) is 13.5 Å². The van der Waals surface area contributed by atoms with Gasteiger partial charge in [-0.3, -0.25) is 4.79 Å². The Morgan fingerprint density at radius 1 is 1.28 bits per heavy atom. The van der Waals surface area contributed by atoms with Crippen LogP contribution in [0.1, 0.15) is 5.56 Å². The second-order valence-corrected chi connectivity index (χ2v) is 6.59. The van der Waals surface area contributed by atoms with Gasteiger partial charge in [0, 0.05) is 28.2 Å². The topological polar surface area (TPSA) is 96.2 Å². The van der Waals surface area contributed by atoms with Crippen LogP contribution >= 0.6 is 0 Å². The minimum absolute atomic E-state index is 0.0182. The summed E-state index contributed by atoms with van der Waals surface area (Å²) in [5.74, 6) is 1.02. The highest BCUT2D eigenvalue weighted by Gasteiger charge is 2.15. The van der Waals surface area contributed by atoms with Crippen molar-refractivity contribution in [3.8, 4) is 28.6 Å². The van der Waals surface area contributed by atoms with Crippen LogP contribution in [0.15, 0.2) is 53.2 Å². The normalized spacial score (nSPS) is 11.1. The number of hydrogen-bond donors (Lipinski definition) is 1. The number of aromatic nitrogens is 3. The molecule has 0 saturated carbocycles. The lowest BCUT2D eigenvalue weighted by Crippen LogP contribution is -2.17. The highest BCUT2D eigenvalue weighted by atomic mass is 19.1. The van der Waals surface area contributed by atoms with Gasteiger partial charge in [0.15, 0.2) is 0 Å². The molecule has 2 N–H and O–H groups in total. The molecule has 8 heteroatoms. The van der Waals surface area contributed by atoms with Gasteiger partial charge in [-0.1, -0.05) is 17.3 Å². The van der Waals surface area contributed by atoms with Crippen LogP contribution in [0.5, 0.6) is 5.75 Å². The Hall–Kier alpha value is -3.68. The largest absolute Gasteiger partial charge is 0.491 e. The number of nitrogens with zero attached hydrogens (tertiary/aromatic N) is 3. The molecule has 0 fully saturated rings. The van der Waals surface area contributed by atoms with Gasteiger partial charge in [0.2, 0.25) is 11.7 Å². The van der Waals surface area contributed by atoms with Crippen LogP contribution in [0.2, 0.25) is 0 Å². The maximum absolute atomic E-state index is 12.3. The molecule has 0 saturated heterocycles. The zero-order valence-electron chi connectivity index (χ0n) is 15.8. The van der Waals surface area contributed by atoms with Gasteiger partial charge >= 0.3 is 0 Å². The number of halogens is 1. The standard InChI is InChI=1S/C21H19FN4O3/c1-13-11-14(5-6-18(13)28-10-8-22)21-24-20(25-29-21)16-3-2-4-17-15(16)7-9-26(17)12-19(23)27/h2-7,9,11H,8,10,12H2,1H3,(H2,23,27). The molecule has 0 spiro atoms. The third-order valence-electron chi connectivity index (χ3n) is 4.56. The maximum Gasteiger partial charge on any atom is 0.258 e. The molecule has 2 aromatic carbocycles. The van der Waals surface area contributed by atoms with E-state index in [9.17, 15) is 9.18 Å². The summed E-state index contributed by atoms with van der Waals surface area (Å²) in [5.41, 5.74) is 8.56. The van der Waals surface area contributed by atoms with Crippen molar-refractivity contribution in [1.82, 2.24) is 14.7 Å². The Morgan fingerprint density at radius 2 is 2.14 bits per heavy atom. The summed E-state index contributed by atoms with van der Waals surface area (Å²) in [4.78, 5) is 15.8. The number of nitrogens with two attached hydrogens (primary N) is 1. The van der Waals surface area contributed by atoms with E-state index < -0.39 is 12.6 Å². The van der Waals surface area contributed by atoms with E-state index in [0.29, 0.717) is 17.5 Å². The van der Waals surface area contributed by atoms with Gasteiger partial charge in [-0.05, 0) is 42.8 Å². The van der Waals surface area contributed by atoms with E-state index in [4.69, 9.17) is 15.0 Å². The zero-order chi connectivity index (χ0) is 20.4. The lowest BCUT2D eigenvalue weighted by Gasteiger charge is -2.07. The number of rotatable bonds is 7. The van der Waals surface area contributed by atoms with Crippen LogP contribution in [-0.4, -0.2) is 33.9 Å². The van der Waals surface area contributed by atoms with Crippen LogP contribution in [0.3, 0.4) is 0 Å². The molecule has 4 rings (SSSR count). The first-order chi connectivity index (χ1) is 14.1. The van der Waals surface area contributed by atoms with Crippen molar-refractivity contribution < 1.29 is 18.4 Å². The van der Waals surface area contributed by atoms with E-state index in [0.717, 1.165) is 27.6 Å². The molecule has 29 heavy (non-hydrogen) atoms. The number of carbonyl (C=O) groups is 1. The van der Waals surface area contributed by atoms with E-state index in [1.165, 1.54) is 0 Å². The van der Waals surface area contributed by atoms with Gasteiger partial charge in [0.25, 0.3) is 5.89 Å². The van der Waals surface area contributed by atoms with Crippen molar-refractivity contribution in [1.29, 1.82) is 0 Å². The first-order valence-electron chi connectivity index (χ1n) is 9.07. The maximum atomic E-state index is 12.3. The molecule has 0 bridgehead atoms. The minimum atomic E-state index is -0.541. The SMILES string of the molecule is Cc1cc(-c2nc(-c3cccc4c3ccn4CC(N)=O)no2)ccc1OCCF. The monoisotopic (exact) mass is 394 g/mol. The summed E-state index contributed by atoms with van der Waals surface area (Å²) in [6, 6.07) is 13.0. The number of hydrogen-bond acceptors (Lipinski definition) is 5. The predicted octanol–water partition coefficient (Wildman–Crippen LogP) is 3.50. The van der Waals surface area contributed by atoms with Gasteiger partial charge < -0.3 is 19.6 Å². The molecule has 0 aliphatic carbocycles. The molecular formula is C21H19FN4O3. The Morgan fingerprint density at radius 3 is 2.90 bits per heavy atom. The van der Waals surface area contributed by atoms with Crippen molar-refractivity contribution >= 4 is 16.8 Å². The van der Waals surface area contributed by atoms with Crippen LogP contribution in [0.4, 0.5) is 4.39 Å². The molecular weight excluding hydrogens is 375 g/mol. The number of ether oxygens (including phenoxy) is 1. The van der Waals surface area contributed by atoms with Gasteiger partial charge in [0.05, 0.1) is 0 Å². The van der Waals surface area contributed by atoms with E-state index in [1.807, 2.05) is 37.3 Å². The minimum Gasteiger partial charge on any atom is -0.491 e. The fraction of sp³-hybridized carbons (Fsp3) is 0.190. The number of carbonyl (C=O) groups excluding carboxylic acids is 1. The first kappa shape index (κ1) is 18.7. The predicted molar refractivity (Wildman–Crippen MR) is 106 cm³/mol. The van der Waals surface area contributed by atoms with Gasteiger partial charge in [0.1, 0.15) is 25.6 Å². The number of alkyl halides is 1. The van der Waals surface area contributed by atoms with E-state index >= 15 is 0 Å². The zero-order valence-corrected chi connectivity index (χ0v) is 15.8. The lowest BCUT2D eigenvalue weighted by molar-refractivity contribution is -0.118. The summed E-state index contributed by atoms with van der Waals surface area (Å²) < 4.78 is 24.9. The number of aryl methyl sites for hydroxylation is 1. The summed E-state index contributed by atoms with van der Waals surface area (Å²) >= 11 is 0. The smallest absolute Gasteiger partial charge is 0.258 e. The average Bonchev–Trinajstić information content (AvgIpc) is 3.34. The fourth-order valence-corrected chi connectivity index (χ4v) is 3.27. The number of primary amides is 1. The van der Waals surface area contributed by atoms with Crippen molar-refractivity contribution in [2.24, 2.45) is 5.73 Å². The molecule has 1 amide bonds. The first-order valence-corrected chi connectivity index (χ1v) is 9.07. The third kappa shape index (κ3) is 3.69. The highest BCUT2D eigenvalue weighted by Crippen LogP contribution is 2.30. The lowest BCUT2D eigenvalue weighted by atomic mass is 10.1. The highest BCUT2D eigenvalue weighted by molar-refractivity contribution is 5.94. The van der Waals surface area contributed by atoms with E-state index in [-0.39, 0.29) is 13.2 Å². The molecule has 0 atom stereocenters. The van der Waals surface area contributed by atoms with Crippen LogP contribution < -0.4 is 10.5 Å². The van der Waals surface area contributed by atoms with Gasteiger partial charge in [-0.15, -0.1) is 0 Å². The molecule has 0 aliphatic rings. The quantitative estimate of drug-likeness (QED) is 0.517. The summed E-state index contributed by atoms with van der Waals surface area (Å²) in [7, 11) is 0. The Labute approximate surface area is 165 Å². The molecule has 0 unspecified atom stereocenters. The molecule has 148 valence electrons. The second-order valence-electron chi connectivity index (χ2n) is 6.59. The Balaban J connectivity index is 1.67. The molecule has 4 aromatic rings. The van der Waals surface area contributed by atoms with Crippen LogP contribution in [-0.2, 0) is 11.3 Å². The Bertz CT molecular complexity index is 1180. The van der Waals surface area contributed by atoms with Crippen molar-refractivity contribution in [3.05, 3.63) is 54.2 Å². The van der Waals surface area contributed by atoms with Crippen molar-refractivity contribution in [2.75, 3.05) is 13.3 Å². The van der Waals surface area contributed by atoms with Crippen molar-refractivity contribution in [3.63, 3.8) is 0 Å². The summed E-state index contributed by atoms with van der Waals surface area (Å²) in [6.45, 7) is 1.45. The second kappa shape index (κ2) is 7.75. The van der Waals surface area contributed by atoms with Crippen LogP contribution in [0, 0.1) is 6.92 Å². The molecule has 0 aliphatic heterocycles. The fourth-order valence-electron chi connectivity index (χ4n) is 3.27. The molecule has 2 heterocycles. The third-order valence-corrected chi connectivity index (χ3v) is 4.56. The number of benzene rings is 2. The molecule has 0 radical (unpaired) electrons. The molecule has 7 nitrogen and oxygen atoms in total. The Kier molecular flexibility index (Phi) is 4.99. The van der Waals surface area contributed by atoms with Gasteiger partial charge in [-0.2, -0.15) is 4.98 Å². The van der Waals surface area contributed by atoms with E-state index in [2.05, 4.69) is 10.1 Å². The van der Waals surface area contributed by atoms with E-state index in [1.54, 1.807) is 22.9 Å². The number of fused-ring (bicyclic) bond motifs is 1. The average molecular weight is 394 g/mol. The summed E-state index contributed by atoms with van der Waals surface area (Å²) in [5, 5.41) is 5.01. The van der Waals surface area contributed by atoms with Gasteiger partial charge in [-0.25, -0.2) is 4.39 Å². The number of amides is 1. The summed E-state index contributed by atoms with van der Waals surface area (Å²) in [6.07, 6.45) is 1.80.